The van der Waals surface area contributed by atoms with Gasteiger partial charge in [0.1, 0.15) is 11.4 Å². The summed E-state index contributed by atoms with van der Waals surface area (Å²) in [4.78, 5) is 30.0. The third kappa shape index (κ3) is 8.65. The second-order valence-corrected chi connectivity index (χ2v) is 12.7. The van der Waals surface area contributed by atoms with Crippen molar-refractivity contribution in [3.63, 3.8) is 0 Å². The lowest BCUT2D eigenvalue weighted by atomic mass is 9.93. The summed E-state index contributed by atoms with van der Waals surface area (Å²) in [6.45, 7) is 14.9. The van der Waals surface area contributed by atoms with Crippen LogP contribution >= 0.6 is 11.3 Å². The Hall–Kier alpha value is -2.74. The summed E-state index contributed by atoms with van der Waals surface area (Å²) < 4.78 is 5.63. The number of piperidine rings is 1. The summed E-state index contributed by atoms with van der Waals surface area (Å²) in [6.07, 6.45) is 5.11. The molecule has 4 rings (SSSR count). The number of amides is 1. The van der Waals surface area contributed by atoms with Crippen molar-refractivity contribution >= 4 is 28.4 Å². The summed E-state index contributed by atoms with van der Waals surface area (Å²) in [5, 5.41) is 13.1. The number of aryl methyl sites for hydroxylation is 1. The van der Waals surface area contributed by atoms with Crippen LogP contribution < -0.4 is 5.32 Å². The number of nitriles is 1. The zero-order valence-electron chi connectivity index (χ0n) is 23.2. The van der Waals surface area contributed by atoms with Crippen LogP contribution in [0.3, 0.4) is 0 Å². The number of pyridine rings is 1. The van der Waals surface area contributed by atoms with E-state index in [9.17, 15) is 4.79 Å². The van der Waals surface area contributed by atoms with Gasteiger partial charge in [-0.3, -0.25) is 9.80 Å². The number of hydrogen-bond donors (Lipinski definition) is 1. The lowest BCUT2D eigenvalue weighted by Gasteiger charge is -2.35. The Labute approximate surface area is 230 Å². The number of nitrogens with zero attached hydrogens (tertiary/aromatic N) is 6. The molecule has 4 heterocycles. The molecule has 206 valence electrons. The van der Waals surface area contributed by atoms with Gasteiger partial charge in [-0.05, 0) is 70.6 Å². The van der Waals surface area contributed by atoms with Gasteiger partial charge in [-0.1, -0.05) is 0 Å². The first-order valence-corrected chi connectivity index (χ1v) is 14.5. The van der Waals surface area contributed by atoms with E-state index >= 15 is 0 Å². The molecule has 1 atom stereocenters. The average molecular weight is 540 g/mol. The summed E-state index contributed by atoms with van der Waals surface area (Å²) in [6, 6.07) is 6.61. The average Bonchev–Trinajstić information content (AvgIpc) is 3.27. The summed E-state index contributed by atoms with van der Waals surface area (Å²) in [7, 11) is 0. The van der Waals surface area contributed by atoms with Crippen molar-refractivity contribution in [3.05, 3.63) is 34.5 Å². The topological polar surface area (TPSA) is 97.6 Å². The molecule has 2 aliphatic rings. The third-order valence-corrected chi connectivity index (χ3v) is 7.70. The number of carbonyl (C=O) groups excluding carboxylic acids is 1. The van der Waals surface area contributed by atoms with Crippen LogP contribution in [0.2, 0.25) is 0 Å². The van der Waals surface area contributed by atoms with Gasteiger partial charge < -0.3 is 15.0 Å². The quantitative estimate of drug-likeness (QED) is 0.510. The number of piperazine rings is 1. The van der Waals surface area contributed by atoms with Gasteiger partial charge in [0.25, 0.3) is 0 Å². The van der Waals surface area contributed by atoms with E-state index < -0.39 is 5.60 Å². The highest BCUT2D eigenvalue weighted by Crippen LogP contribution is 2.26. The van der Waals surface area contributed by atoms with Crippen LogP contribution in [0.15, 0.2) is 18.3 Å². The van der Waals surface area contributed by atoms with E-state index in [1.54, 1.807) is 11.3 Å². The third-order valence-electron chi connectivity index (χ3n) is 6.87. The molecule has 38 heavy (non-hydrogen) atoms. The Bertz CT molecular complexity index is 1120. The number of anilines is 2. The van der Waals surface area contributed by atoms with Crippen molar-refractivity contribution in [2.45, 2.75) is 65.5 Å². The Morgan fingerprint density at radius 2 is 1.97 bits per heavy atom. The molecule has 0 saturated carbocycles. The standard InChI is InChI=1S/C28H41N7O2S/c1-21-18-30-26(38-21)32-25-17-23(19-34-13-11-33(12-14-34)9-6-8-29)16-24(31-25)15-22-7-5-10-35(20-22)27(36)37-28(2,3)4/h16-18,22H,5-7,9-15,19-20H2,1-4H3,(H,30,31,32)/t22-/m1/s1. The minimum absolute atomic E-state index is 0.223. The number of aromatic nitrogens is 2. The number of rotatable bonds is 8. The lowest BCUT2D eigenvalue weighted by molar-refractivity contribution is 0.0165. The van der Waals surface area contributed by atoms with Crippen LogP contribution in [0.4, 0.5) is 15.7 Å². The Morgan fingerprint density at radius 3 is 2.66 bits per heavy atom. The van der Waals surface area contributed by atoms with Crippen LogP contribution in [-0.2, 0) is 17.7 Å². The minimum Gasteiger partial charge on any atom is -0.444 e. The zero-order chi connectivity index (χ0) is 27.1. The summed E-state index contributed by atoms with van der Waals surface area (Å²) in [5.74, 6) is 1.16. The number of likely N-dealkylation sites (tertiary alicyclic amines) is 1. The number of carbonyl (C=O) groups is 1. The Balaban J connectivity index is 1.44. The maximum atomic E-state index is 12.7. The minimum atomic E-state index is -0.490. The molecule has 0 aliphatic carbocycles. The second-order valence-electron chi connectivity index (χ2n) is 11.4. The van der Waals surface area contributed by atoms with Gasteiger partial charge in [0.15, 0.2) is 5.13 Å². The molecule has 2 aliphatic heterocycles. The molecule has 0 unspecified atom stereocenters. The van der Waals surface area contributed by atoms with Gasteiger partial charge in [-0.25, -0.2) is 14.8 Å². The monoisotopic (exact) mass is 539 g/mol. The van der Waals surface area contributed by atoms with Crippen molar-refractivity contribution in [2.24, 2.45) is 5.92 Å². The van der Waals surface area contributed by atoms with Gasteiger partial charge in [-0.15, -0.1) is 11.3 Å². The molecule has 0 bridgehead atoms. The van der Waals surface area contributed by atoms with E-state index in [4.69, 9.17) is 15.0 Å². The fraction of sp³-hybridized carbons (Fsp3) is 0.643. The second kappa shape index (κ2) is 12.9. The fourth-order valence-electron chi connectivity index (χ4n) is 5.09. The van der Waals surface area contributed by atoms with Gasteiger partial charge in [0, 0.05) is 75.5 Å². The van der Waals surface area contributed by atoms with Crippen molar-refractivity contribution in [1.82, 2.24) is 24.7 Å². The Kier molecular flexibility index (Phi) is 9.58. The van der Waals surface area contributed by atoms with Crippen molar-refractivity contribution in [2.75, 3.05) is 51.1 Å². The molecule has 0 aromatic carbocycles. The number of nitrogens with one attached hydrogen (secondary N) is 1. The number of thiazole rings is 1. The van der Waals surface area contributed by atoms with Gasteiger partial charge in [0.05, 0.1) is 6.07 Å². The first-order valence-electron chi connectivity index (χ1n) is 13.7. The van der Waals surface area contributed by atoms with Crippen LogP contribution in [0.25, 0.3) is 0 Å². The highest BCUT2D eigenvalue weighted by atomic mass is 32.1. The van der Waals surface area contributed by atoms with Crippen molar-refractivity contribution in [3.8, 4) is 6.07 Å². The van der Waals surface area contributed by atoms with Crippen LogP contribution in [-0.4, -0.2) is 82.2 Å². The number of hydrogen-bond acceptors (Lipinski definition) is 9. The summed E-state index contributed by atoms with van der Waals surface area (Å²) in [5.41, 5.74) is 1.79. The SMILES string of the molecule is Cc1cnc(Nc2cc(CN3CCN(CCC#N)CC3)cc(C[C@H]3CCCN(C(=O)OC(C)(C)C)C3)n2)s1. The molecule has 2 fully saturated rings. The normalized spacial score (nSPS) is 19.2. The molecule has 9 nitrogen and oxygen atoms in total. The first kappa shape index (κ1) is 28.3. The molecule has 1 amide bonds. The largest absolute Gasteiger partial charge is 0.444 e. The number of ether oxygens (including phenoxy) is 1. The highest BCUT2D eigenvalue weighted by Gasteiger charge is 2.28. The predicted molar refractivity (Wildman–Crippen MR) is 151 cm³/mol. The fourth-order valence-corrected chi connectivity index (χ4v) is 5.76. The first-order chi connectivity index (χ1) is 18.2. The molecule has 2 aromatic rings. The smallest absolute Gasteiger partial charge is 0.410 e. The van der Waals surface area contributed by atoms with Crippen LogP contribution in [0.1, 0.15) is 56.2 Å². The van der Waals surface area contributed by atoms with Gasteiger partial charge in [0.2, 0.25) is 0 Å². The molecule has 10 heteroatoms. The predicted octanol–water partition coefficient (Wildman–Crippen LogP) is 4.81. The van der Waals surface area contributed by atoms with E-state index in [1.165, 1.54) is 5.56 Å². The van der Waals surface area contributed by atoms with Gasteiger partial charge in [-0.2, -0.15) is 5.26 Å². The molecule has 2 saturated heterocycles. The van der Waals surface area contributed by atoms with Crippen molar-refractivity contribution in [1.29, 1.82) is 5.26 Å². The van der Waals surface area contributed by atoms with Crippen LogP contribution in [0.5, 0.6) is 0 Å². The molecule has 0 radical (unpaired) electrons. The maximum Gasteiger partial charge on any atom is 0.410 e. The highest BCUT2D eigenvalue weighted by molar-refractivity contribution is 7.15. The van der Waals surface area contributed by atoms with E-state index in [-0.39, 0.29) is 6.09 Å². The lowest BCUT2D eigenvalue weighted by Crippen LogP contribution is -2.46. The molecular weight excluding hydrogens is 498 g/mol. The van der Waals surface area contributed by atoms with E-state index in [1.807, 2.05) is 38.8 Å². The molecule has 1 N–H and O–H groups in total. The Morgan fingerprint density at radius 1 is 1.21 bits per heavy atom. The molecule has 0 spiro atoms. The van der Waals surface area contributed by atoms with Gasteiger partial charge >= 0.3 is 6.09 Å². The van der Waals surface area contributed by atoms with E-state index in [2.05, 4.69) is 38.3 Å². The van der Waals surface area contributed by atoms with E-state index in [0.717, 1.165) is 86.6 Å². The van der Waals surface area contributed by atoms with Crippen LogP contribution in [0, 0.1) is 24.2 Å². The van der Waals surface area contributed by atoms with E-state index in [0.29, 0.717) is 18.9 Å². The maximum absolute atomic E-state index is 12.7. The molecule has 2 aromatic heterocycles. The molecular formula is C28H41N7O2S. The zero-order valence-corrected chi connectivity index (χ0v) is 24.0. The van der Waals surface area contributed by atoms with Crippen molar-refractivity contribution < 1.29 is 9.53 Å². The summed E-state index contributed by atoms with van der Waals surface area (Å²) >= 11 is 1.62.